The van der Waals surface area contributed by atoms with Crippen molar-refractivity contribution in [3.05, 3.63) is 0 Å². The van der Waals surface area contributed by atoms with E-state index < -0.39 is 6.10 Å². The minimum absolute atomic E-state index is 0.245. The van der Waals surface area contributed by atoms with Gasteiger partial charge in [-0.3, -0.25) is 0 Å². The second-order valence-electron chi connectivity index (χ2n) is 8.28. The number of hydrogen-bond donors (Lipinski definition) is 0. The summed E-state index contributed by atoms with van der Waals surface area (Å²) in [5.74, 6) is -0.245. The molecule has 0 aliphatic heterocycles. The maximum atomic E-state index is 11.4. The van der Waals surface area contributed by atoms with Crippen molar-refractivity contribution in [2.75, 3.05) is 13.2 Å². The lowest BCUT2D eigenvalue weighted by Crippen LogP contribution is -2.23. The standard InChI is InChI=1S/C25H50O3/c1-4-6-7-8-9-10-11-12-13-14-15-16-17-18-19-20-21-22-23-28-24(3)25(26)27-5-2/h24H,4-23H2,1-3H3. The topological polar surface area (TPSA) is 35.5 Å². The summed E-state index contributed by atoms with van der Waals surface area (Å²) in [5.41, 5.74) is 0. The number of unbranched alkanes of at least 4 members (excludes halogenated alkanes) is 17. The Balaban J connectivity index is 3.11. The number of rotatable bonds is 22. The van der Waals surface area contributed by atoms with E-state index in [1.54, 1.807) is 6.92 Å². The largest absolute Gasteiger partial charge is 0.464 e. The van der Waals surface area contributed by atoms with Crippen molar-refractivity contribution in [2.24, 2.45) is 0 Å². The zero-order valence-electron chi connectivity index (χ0n) is 19.4. The molecule has 28 heavy (non-hydrogen) atoms. The molecule has 0 aromatic rings. The Labute approximate surface area is 176 Å². The fraction of sp³-hybridized carbons (Fsp3) is 0.960. The van der Waals surface area contributed by atoms with Crippen LogP contribution in [0, 0.1) is 0 Å². The quantitative estimate of drug-likeness (QED) is 0.137. The molecular formula is C25H50O3. The SMILES string of the molecule is CCCCCCCCCCCCCCCCCCCCOC(C)C(=O)OCC. The molecule has 0 fully saturated rings. The summed E-state index contributed by atoms with van der Waals surface area (Å²) in [5, 5.41) is 0. The van der Waals surface area contributed by atoms with Gasteiger partial charge in [-0.15, -0.1) is 0 Å². The Morgan fingerprint density at radius 2 is 0.964 bits per heavy atom. The predicted octanol–water partition coefficient (Wildman–Crippen LogP) is 8.00. The molecule has 0 rings (SSSR count). The van der Waals surface area contributed by atoms with Gasteiger partial charge in [0, 0.05) is 6.61 Å². The zero-order chi connectivity index (χ0) is 20.7. The summed E-state index contributed by atoms with van der Waals surface area (Å²) in [6, 6.07) is 0. The molecule has 0 amide bonds. The Bertz CT molecular complexity index is 317. The van der Waals surface area contributed by atoms with E-state index in [0.29, 0.717) is 13.2 Å². The van der Waals surface area contributed by atoms with E-state index in [2.05, 4.69) is 6.92 Å². The summed E-state index contributed by atoms with van der Waals surface area (Å²) in [7, 11) is 0. The van der Waals surface area contributed by atoms with Crippen LogP contribution in [0.15, 0.2) is 0 Å². The van der Waals surface area contributed by atoms with Crippen LogP contribution in [0.5, 0.6) is 0 Å². The van der Waals surface area contributed by atoms with Gasteiger partial charge in [-0.05, 0) is 20.3 Å². The minimum atomic E-state index is -0.425. The first-order chi connectivity index (χ1) is 13.7. The molecule has 0 heterocycles. The van der Waals surface area contributed by atoms with Crippen molar-refractivity contribution >= 4 is 5.97 Å². The highest BCUT2D eigenvalue weighted by atomic mass is 16.6. The van der Waals surface area contributed by atoms with Gasteiger partial charge < -0.3 is 9.47 Å². The average Bonchev–Trinajstić information content (AvgIpc) is 2.69. The smallest absolute Gasteiger partial charge is 0.334 e. The zero-order valence-corrected chi connectivity index (χ0v) is 19.4. The number of ether oxygens (including phenoxy) is 2. The second-order valence-corrected chi connectivity index (χ2v) is 8.28. The second kappa shape index (κ2) is 22.7. The van der Waals surface area contributed by atoms with E-state index >= 15 is 0 Å². The van der Waals surface area contributed by atoms with Crippen molar-refractivity contribution in [3.63, 3.8) is 0 Å². The third-order valence-corrected chi connectivity index (χ3v) is 5.48. The predicted molar refractivity (Wildman–Crippen MR) is 121 cm³/mol. The molecule has 3 heteroatoms. The van der Waals surface area contributed by atoms with E-state index in [-0.39, 0.29) is 5.97 Å². The number of hydrogen-bond acceptors (Lipinski definition) is 3. The highest BCUT2D eigenvalue weighted by molar-refractivity contribution is 5.74. The molecule has 3 nitrogen and oxygen atoms in total. The van der Waals surface area contributed by atoms with Gasteiger partial charge in [0.2, 0.25) is 0 Å². The Hall–Kier alpha value is -0.570. The molecule has 0 aromatic heterocycles. The molecule has 0 saturated carbocycles. The van der Waals surface area contributed by atoms with Crippen LogP contribution in [0.3, 0.4) is 0 Å². The van der Waals surface area contributed by atoms with Crippen LogP contribution in [0.25, 0.3) is 0 Å². The third kappa shape index (κ3) is 20.2. The molecule has 0 bridgehead atoms. The number of carbonyl (C=O) groups excluding carboxylic acids is 1. The van der Waals surface area contributed by atoms with Gasteiger partial charge in [-0.1, -0.05) is 116 Å². The molecule has 0 N–H and O–H groups in total. The van der Waals surface area contributed by atoms with Gasteiger partial charge in [0.1, 0.15) is 0 Å². The van der Waals surface area contributed by atoms with Crippen LogP contribution in [-0.2, 0) is 14.3 Å². The Kier molecular flexibility index (Phi) is 22.3. The van der Waals surface area contributed by atoms with Gasteiger partial charge >= 0.3 is 5.97 Å². The molecule has 0 aliphatic rings. The first kappa shape index (κ1) is 27.4. The lowest BCUT2D eigenvalue weighted by Gasteiger charge is -2.11. The van der Waals surface area contributed by atoms with Crippen LogP contribution in [-0.4, -0.2) is 25.3 Å². The highest BCUT2D eigenvalue weighted by Crippen LogP contribution is 2.14. The molecule has 0 spiro atoms. The molecule has 1 atom stereocenters. The van der Waals surface area contributed by atoms with E-state index in [9.17, 15) is 4.79 Å². The van der Waals surface area contributed by atoms with E-state index in [0.717, 1.165) is 6.42 Å². The normalized spacial score (nSPS) is 12.2. The third-order valence-electron chi connectivity index (χ3n) is 5.48. The van der Waals surface area contributed by atoms with Gasteiger partial charge in [0.05, 0.1) is 6.61 Å². The van der Waals surface area contributed by atoms with E-state index in [1.165, 1.54) is 109 Å². The van der Waals surface area contributed by atoms with Gasteiger partial charge in [-0.25, -0.2) is 4.79 Å². The van der Waals surface area contributed by atoms with Crippen molar-refractivity contribution in [1.29, 1.82) is 0 Å². The highest BCUT2D eigenvalue weighted by Gasteiger charge is 2.13. The summed E-state index contributed by atoms with van der Waals surface area (Å²) in [6.45, 7) is 6.97. The summed E-state index contributed by atoms with van der Waals surface area (Å²) in [6.07, 6.45) is 24.4. The fourth-order valence-corrected chi connectivity index (χ4v) is 3.59. The monoisotopic (exact) mass is 398 g/mol. The van der Waals surface area contributed by atoms with E-state index in [1.807, 2.05) is 6.92 Å². The molecule has 0 saturated heterocycles. The minimum Gasteiger partial charge on any atom is -0.464 e. The van der Waals surface area contributed by atoms with Crippen LogP contribution in [0.1, 0.15) is 136 Å². The average molecular weight is 399 g/mol. The summed E-state index contributed by atoms with van der Waals surface area (Å²) in [4.78, 5) is 11.4. The van der Waals surface area contributed by atoms with Gasteiger partial charge in [-0.2, -0.15) is 0 Å². The summed E-state index contributed by atoms with van der Waals surface area (Å²) >= 11 is 0. The molecule has 0 aliphatic carbocycles. The maximum absolute atomic E-state index is 11.4. The van der Waals surface area contributed by atoms with Crippen molar-refractivity contribution < 1.29 is 14.3 Å². The molecule has 0 radical (unpaired) electrons. The van der Waals surface area contributed by atoms with Gasteiger partial charge in [0.15, 0.2) is 6.10 Å². The Morgan fingerprint density at radius 3 is 1.32 bits per heavy atom. The lowest BCUT2D eigenvalue weighted by molar-refractivity contribution is -0.155. The van der Waals surface area contributed by atoms with Crippen LogP contribution >= 0.6 is 0 Å². The molecular weight excluding hydrogens is 348 g/mol. The first-order valence-electron chi connectivity index (χ1n) is 12.5. The van der Waals surface area contributed by atoms with Crippen molar-refractivity contribution in [2.45, 2.75) is 142 Å². The van der Waals surface area contributed by atoms with Crippen LogP contribution in [0.2, 0.25) is 0 Å². The fourth-order valence-electron chi connectivity index (χ4n) is 3.59. The maximum Gasteiger partial charge on any atom is 0.334 e. The van der Waals surface area contributed by atoms with Crippen LogP contribution < -0.4 is 0 Å². The van der Waals surface area contributed by atoms with Crippen molar-refractivity contribution in [1.82, 2.24) is 0 Å². The first-order valence-corrected chi connectivity index (χ1v) is 12.5. The Morgan fingerprint density at radius 1 is 0.607 bits per heavy atom. The van der Waals surface area contributed by atoms with Gasteiger partial charge in [0.25, 0.3) is 0 Å². The number of esters is 1. The lowest BCUT2D eigenvalue weighted by atomic mass is 10.0. The molecule has 168 valence electrons. The molecule has 1 unspecified atom stereocenters. The summed E-state index contributed by atoms with van der Waals surface area (Å²) < 4.78 is 10.4. The van der Waals surface area contributed by atoms with Crippen LogP contribution in [0.4, 0.5) is 0 Å². The van der Waals surface area contributed by atoms with Crippen molar-refractivity contribution in [3.8, 4) is 0 Å². The molecule has 0 aromatic carbocycles. The number of carbonyl (C=O) groups is 1. The van der Waals surface area contributed by atoms with E-state index in [4.69, 9.17) is 9.47 Å².